The van der Waals surface area contributed by atoms with Crippen LogP contribution in [-0.4, -0.2) is 12.9 Å². The van der Waals surface area contributed by atoms with Gasteiger partial charge in [-0.25, -0.2) is 0 Å². The Morgan fingerprint density at radius 1 is 1.00 bits per heavy atom. The van der Waals surface area contributed by atoms with Crippen LogP contribution >= 0.6 is 0 Å². The van der Waals surface area contributed by atoms with E-state index in [0.29, 0.717) is 5.56 Å². The molecular formula is C20H18O2. The lowest BCUT2D eigenvalue weighted by atomic mass is 9.91. The monoisotopic (exact) mass is 290 g/mol. The molecule has 3 rings (SSSR count). The van der Waals surface area contributed by atoms with E-state index >= 15 is 0 Å². The van der Waals surface area contributed by atoms with Crippen molar-refractivity contribution in [1.29, 1.82) is 0 Å². The molecule has 0 radical (unpaired) electrons. The van der Waals surface area contributed by atoms with Crippen LogP contribution in [0.5, 0.6) is 5.75 Å². The van der Waals surface area contributed by atoms with Crippen molar-refractivity contribution in [3.05, 3.63) is 77.4 Å². The van der Waals surface area contributed by atoms with Gasteiger partial charge in [-0.2, -0.15) is 0 Å². The van der Waals surface area contributed by atoms with E-state index in [4.69, 9.17) is 4.74 Å². The third-order valence-electron chi connectivity index (χ3n) is 3.96. The van der Waals surface area contributed by atoms with Crippen molar-refractivity contribution in [2.24, 2.45) is 0 Å². The predicted octanol–water partition coefficient (Wildman–Crippen LogP) is 4.64. The minimum Gasteiger partial charge on any atom is -0.497 e. The average Bonchev–Trinajstić information content (AvgIpc) is 2.60. The van der Waals surface area contributed by atoms with Gasteiger partial charge in [0.1, 0.15) is 5.75 Å². The van der Waals surface area contributed by atoms with Crippen LogP contribution in [0.25, 0.3) is 10.8 Å². The molecule has 0 atom stereocenters. The summed E-state index contributed by atoms with van der Waals surface area (Å²) in [6.45, 7) is 2.07. The Labute approximate surface area is 130 Å². The van der Waals surface area contributed by atoms with Crippen LogP contribution < -0.4 is 4.74 Å². The summed E-state index contributed by atoms with van der Waals surface area (Å²) in [6, 6.07) is 19.4. The molecule has 0 unspecified atom stereocenters. The molecule has 0 bridgehead atoms. The summed E-state index contributed by atoms with van der Waals surface area (Å²) in [5, 5.41) is 2.00. The van der Waals surface area contributed by atoms with Gasteiger partial charge >= 0.3 is 0 Å². The van der Waals surface area contributed by atoms with Crippen LogP contribution in [0.15, 0.2) is 60.7 Å². The van der Waals surface area contributed by atoms with E-state index in [2.05, 4.69) is 13.0 Å². The van der Waals surface area contributed by atoms with Crippen molar-refractivity contribution >= 4 is 16.6 Å². The van der Waals surface area contributed by atoms with E-state index in [-0.39, 0.29) is 5.78 Å². The van der Waals surface area contributed by atoms with Crippen molar-refractivity contribution in [2.45, 2.75) is 13.3 Å². The summed E-state index contributed by atoms with van der Waals surface area (Å²) in [7, 11) is 1.64. The van der Waals surface area contributed by atoms with E-state index in [0.717, 1.165) is 34.1 Å². The average molecular weight is 290 g/mol. The Kier molecular flexibility index (Phi) is 3.92. The lowest BCUT2D eigenvalue weighted by molar-refractivity contribution is 0.103. The first-order valence-corrected chi connectivity index (χ1v) is 7.44. The summed E-state index contributed by atoms with van der Waals surface area (Å²) in [6.07, 6.45) is 0.820. The fourth-order valence-corrected chi connectivity index (χ4v) is 2.77. The molecule has 22 heavy (non-hydrogen) atoms. The van der Waals surface area contributed by atoms with Gasteiger partial charge in [-0.15, -0.1) is 0 Å². The SMILES string of the molecule is CCc1ccc2ccc(OC)cc2c1C(=O)c1ccccc1. The number of aryl methyl sites for hydroxylation is 1. The van der Waals surface area contributed by atoms with Gasteiger partial charge in [0.2, 0.25) is 0 Å². The molecule has 110 valence electrons. The van der Waals surface area contributed by atoms with Gasteiger partial charge in [0.25, 0.3) is 0 Å². The van der Waals surface area contributed by atoms with E-state index in [9.17, 15) is 4.79 Å². The van der Waals surface area contributed by atoms with E-state index in [1.807, 2.05) is 54.6 Å². The molecule has 0 heterocycles. The lowest BCUT2D eigenvalue weighted by Gasteiger charge is -2.12. The number of ketones is 1. The molecule has 3 aromatic rings. The highest BCUT2D eigenvalue weighted by atomic mass is 16.5. The van der Waals surface area contributed by atoms with Crippen LogP contribution in [-0.2, 0) is 6.42 Å². The lowest BCUT2D eigenvalue weighted by Crippen LogP contribution is -2.06. The third kappa shape index (κ3) is 2.48. The molecule has 0 aliphatic carbocycles. The van der Waals surface area contributed by atoms with Gasteiger partial charge in [0.05, 0.1) is 7.11 Å². The van der Waals surface area contributed by atoms with Gasteiger partial charge in [0.15, 0.2) is 5.78 Å². The molecule has 0 N–H and O–H groups in total. The zero-order chi connectivity index (χ0) is 15.5. The van der Waals surface area contributed by atoms with Gasteiger partial charge < -0.3 is 4.74 Å². The first kappa shape index (κ1) is 14.3. The predicted molar refractivity (Wildman–Crippen MR) is 89.8 cm³/mol. The number of carbonyl (C=O) groups excluding carboxylic acids is 1. The second kappa shape index (κ2) is 6.02. The van der Waals surface area contributed by atoms with E-state index in [1.165, 1.54) is 0 Å². The quantitative estimate of drug-likeness (QED) is 0.654. The minimum atomic E-state index is 0.0660. The van der Waals surface area contributed by atoms with Crippen molar-refractivity contribution < 1.29 is 9.53 Å². The zero-order valence-corrected chi connectivity index (χ0v) is 12.8. The Morgan fingerprint density at radius 3 is 2.41 bits per heavy atom. The minimum absolute atomic E-state index is 0.0660. The fourth-order valence-electron chi connectivity index (χ4n) is 2.77. The van der Waals surface area contributed by atoms with Crippen LogP contribution in [0.2, 0.25) is 0 Å². The molecular weight excluding hydrogens is 272 g/mol. The summed E-state index contributed by atoms with van der Waals surface area (Å²) >= 11 is 0. The second-order valence-electron chi connectivity index (χ2n) is 5.24. The van der Waals surface area contributed by atoms with E-state index in [1.54, 1.807) is 7.11 Å². The largest absolute Gasteiger partial charge is 0.497 e. The number of hydrogen-bond acceptors (Lipinski definition) is 2. The first-order valence-electron chi connectivity index (χ1n) is 7.44. The number of benzene rings is 3. The Bertz CT molecular complexity index is 814. The Balaban J connectivity index is 2.27. The van der Waals surface area contributed by atoms with Crippen LogP contribution in [0.1, 0.15) is 28.4 Å². The molecule has 0 saturated carbocycles. The number of hydrogen-bond donors (Lipinski definition) is 0. The van der Waals surface area contributed by atoms with Crippen LogP contribution in [0, 0.1) is 0 Å². The molecule has 0 amide bonds. The van der Waals surface area contributed by atoms with Crippen molar-refractivity contribution in [1.82, 2.24) is 0 Å². The summed E-state index contributed by atoms with van der Waals surface area (Å²) in [4.78, 5) is 13.0. The number of fused-ring (bicyclic) bond motifs is 1. The molecule has 0 fully saturated rings. The van der Waals surface area contributed by atoms with Crippen molar-refractivity contribution in [3.8, 4) is 5.75 Å². The molecule has 2 heteroatoms. The highest BCUT2D eigenvalue weighted by molar-refractivity contribution is 6.17. The molecule has 0 saturated heterocycles. The molecule has 2 nitrogen and oxygen atoms in total. The van der Waals surface area contributed by atoms with Gasteiger partial charge in [-0.3, -0.25) is 4.79 Å². The Morgan fingerprint density at radius 2 is 1.73 bits per heavy atom. The number of rotatable bonds is 4. The first-order chi connectivity index (χ1) is 10.7. The highest BCUT2D eigenvalue weighted by Crippen LogP contribution is 2.29. The van der Waals surface area contributed by atoms with Gasteiger partial charge in [-0.1, -0.05) is 55.5 Å². The summed E-state index contributed by atoms with van der Waals surface area (Å²) < 4.78 is 5.32. The smallest absolute Gasteiger partial charge is 0.193 e. The van der Waals surface area contributed by atoms with Crippen LogP contribution in [0.3, 0.4) is 0 Å². The molecule has 0 spiro atoms. The molecule has 3 aromatic carbocycles. The second-order valence-corrected chi connectivity index (χ2v) is 5.24. The maximum absolute atomic E-state index is 13.0. The molecule has 0 aliphatic rings. The summed E-state index contributed by atoms with van der Waals surface area (Å²) in [5.41, 5.74) is 2.56. The summed E-state index contributed by atoms with van der Waals surface area (Å²) in [5.74, 6) is 0.833. The Hall–Kier alpha value is -2.61. The van der Waals surface area contributed by atoms with Gasteiger partial charge in [0, 0.05) is 11.1 Å². The van der Waals surface area contributed by atoms with E-state index < -0.39 is 0 Å². The third-order valence-corrected chi connectivity index (χ3v) is 3.96. The number of carbonyl (C=O) groups is 1. The maximum atomic E-state index is 13.0. The maximum Gasteiger partial charge on any atom is 0.193 e. The standard InChI is InChI=1S/C20H18O2/c1-3-14-9-10-15-11-12-17(22-2)13-18(15)19(14)20(21)16-7-5-4-6-8-16/h4-13H,3H2,1-2H3. The number of methoxy groups -OCH3 is 1. The zero-order valence-electron chi connectivity index (χ0n) is 12.8. The molecule has 0 aromatic heterocycles. The normalized spacial score (nSPS) is 10.6. The van der Waals surface area contributed by atoms with Crippen molar-refractivity contribution in [3.63, 3.8) is 0 Å². The van der Waals surface area contributed by atoms with Crippen molar-refractivity contribution in [2.75, 3.05) is 7.11 Å². The number of ether oxygens (including phenoxy) is 1. The fraction of sp³-hybridized carbons (Fsp3) is 0.150. The van der Waals surface area contributed by atoms with Crippen LogP contribution in [0.4, 0.5) is 0 Å². The highest BCUT2D eigenvalue weighted by Gasteiger charge is 2.16. The van der Waals surface area contributed by atoms with Gasteiger partial charge in [-0.05, 0) is 34.9 Å². The molecule has 0 aliphatic heterocycles. The topological polar surface area (TPSA) is 26.3 Å².